The third kappa shape index (κ3) is 5.33. The minimum Gasteiger partial charge on any atom is -0.379 e. The van der Waals surface area contributed by atoms with Gasteiger partial charge in [-0.2, -0.15) is 0 Å². The maximum Gasteiger partial charge on any atom is 0.0623 e. The van der Waals surface area contributed by atoms with Crippen molar-refractivity contribution in [1.82, 2.24) is 5.32 Å². The van der Waals surface area contributed by atoms with E-state index in [1.165, 1.54) is 18.4 Å². The fourth-order valence-corrected chi connectivity index (χ4v) is 2.23. The Morgan fingerprint density at radius 1 is 1.60 bits per heavy atom. The molecule has 2 atom stereocenters. The summed E-state index contributed by atoms with van der Waals surface area (Å²) >= 11 is 0. The Morgan fingerprint density at radius 3 is 3.00 bits per heavy atom. The maximum atomic E-state index is 5.45. The van der Waals surface area contributed by atoms with Gasteiger partial charge in [0.2, 0.25) is 0 Å². The van der Waals surface area contributed by atoms with Gasteiger partial charge in [-0.25, -0.2) is 0 Å². The van der Waals surface area contributed by atoms with Crippen molar-refractivity contribution >= 4 is 0 Å². The molecule has 0 bridgehead atoms. The molecular weight excluding hydrogens is 186 g/mol. The van der Waals surface area contributed by atoms with Gasteiger partial charge >= 0.3 is 0 Å². The van der Waals surface area contributed by atoms with Crippen molar-refractivity contribution in [3.8, 4) is 0 Å². The van der Waals surface area contributed by atoms with Gasteiger partial charge in [0.15, 0.2) is 0 Å². The SMILES string of the molecule is CCCC(C)/C=C(/C)CC1COCCN1. The molecule has 0 saturated carbocycles. The minimum absolute atomic E-state index is 0.531. The molecule has 1 N–H and O–H groups in total. The first kappa shape index (κ1) is 12.7. The van der Waals surface area contributed by atoms with E-state index in [-0.39, 0.29) is 0 Å². The predicted molar refractivity (Wildman–Crippen MR) is 65.1 cm³/mol. The minimum atomic E-state index is 0.531. The van der Waals surface area contributed by atoms with Gasteiger partial charge in [0.25, 0.3) is 0 Å². The molecule has 1 aliphatic heterocycles. The van der Waals surface area contributed by atoms with Gasteiger partial charge in [-0.05, 0) is 25.7 Å². The third-order valence-electron chi connectivity index (χ3n) is 2.88. The second-order valence-electron chi connectivity index (χ2n) is 4.71. The summed E-state index contributed by atoms with van der Waals surface area (Å²) in [6, 6.07) is 0.531. The molecule has 1 aliphatic rings. The van der Waals surface area contributed by atoms with Crippen LogP contribution in [0.4, 0.5) is 0 Å². The van der Waals surface area contributed by atoms with E-state index in [1.54, 1.807) is 0 Å². The smallest absolute Gasteiger partial charge is 0.0623 e. The molecule has 0 radical (unpaired) electrons. The fourth-order valence-electron chi connectivity index (χ4n) is 2.23. The zero-order valence-corrected chi connectivity index (χ0v) is 10.4. The number of allylic oxidation sites excluding steroid dienone is 1. The lowest BCUT2D eigenvalue weighted by atomic mass is 9.99. The lowest BCUT2D eigenvalue weighted by molar-refractivity contribution is 0.0769. The van der Waals surface area contributed by atoms with Crippen molar-refractivity contribution in [2.75, 3.05) is 19.8 Å². The van der Waals surface area contributed by atoms with Gasteiger partial charge in [-0.3, -0.25) is 0 Å². The van der Waals surface area contributed by atoms with E-state index in [2.05, 4.69) is 32.2 Å². The van der Waals surface area contributed by atoms with Crippen molar-refractivity contribution < 1.29 is 4.74 Å². The van der Waals surface area contributed by atoms with Gasteiger partial charge in [-0.1, -0.05) is 31.9 Å². The van der Waals surface area contributed by atoms with Gasteiger partial charge in [0.1, 0.15) is 0 Å². The first-order valence-corrected chi connectivity index (χ1v) is 6.20. The molecule has 0 aromatic rings. The summed E-state index contributed by atoms with van der Waals surface area (Å²) in [7, 11) is 0. The molecule has 0 aromatic carbocycles. The molecule has 1 heterocycles. The number of hydrogen-bond donors (Lipinski definition) is 1. The van der Waals surface area contributed by atoms with Crippen molar-refractivity contribution in [2.24, 2.45) is 5.92 Å². The standard InChI is InChI=1S/C13H25NO/c1-4-5-11(2)8-12(3)9-13-10-15-7-6-14-13/h8,11,13-14H,4-7,9-10H2,1-3H3/b12-8-. The van der Waals surface area contributed by atoms with Crippen LogP contribution in [0.2, 0.25) is 0 Å². The second kappa shape index (κ2) is 7.02. The van der Waals surface area contributed by atoms with Crippen LogP contribution in [0.15, 0.2) is 11.6 Å². The quantitative estimate of drug-likeness (QED) is 0.706. The normalized spacial score (nSPS) is 25.3. The number of nitrogens with one attached hydrogen (secondary N) is 1. The van der Waals surface area contributed by atoms with Crippen molar-refractivity contribution in [3.05, 3.63) is 11.6 Å². The van der Waals surface area contributed by atoms with E-state index in [0.29, 0.717) is 6.04 Å². The lowest BCUT2D eigenvalue weighted by Gasteiger charge is -2.24. The number of rotatable bonds is 5. The topological polar surface area (TPSA) is 21.3 Å². The Bertz CT molecular complexity index is 195. The summed E-state index contributed by atoms with van der Waals surface area (Å²) in [5.74, 6) is 0.722. The zero-order valence-electron chi connectivity index (χ0n) is 10.4. The van der Waals surface area contributed by atoms with Crippen LogP contribution in [-0.2, 0) is 4.74 Å². The molecule has 0 amide bonds. The molecule has 2 nitrogen and oxygen atoms in total. The second-order valence-corrected chi connectivity index (χ2v) is 4.71. The van der Waals surface area contributed by atoms with E-state index in [0.717, 1.165) is 32.1 Å². The number of hydrogen-bond acceptors (Lipinski definition) is 2. The Labute approximate surface area is 94.1 Å². The van der Waals surface area contributed by atoms with Crippen LogP contribution < -0.4 is 5.32 Å². The molecule has 1 fully saturated rings. The Balaban J connectivity index is 2.29. The van der Waals surface area contributed by atoms with Crippen LogP contribution >= 0.6 is 0 Å². The van der Waals surface area contributed by atoms with E-state index in [9.17, 15) is 0 Å². The summed E-state index contributed by atoms with van der Waals surface area (Å²) in [6.07, 6.45) is 6.12. The molecule has 2 unspecified atom stereocenters. The van der Waals surface area contributed by atoms with Crippen LogP contribution in [0.25, 0.3) is 0 Å². The van der Waals surface area contributed by atoms with Crippen LogP contribution in [0.1, 0.15) is 40.0 Å². The van der Waals surface area contributed by atoms with Gasteiger partial charge in [0.05, 0.1) is 13.2 Å². The highest BCUT2D eigenvalue weighted by Gasteiger charge is 2.13. The van der Waals surface area contributed by atoms with Crippen LogP contribution in [0.3, 0.4) is 0 Å². The first-order chi connectivity index (χ1) is 7.22. The number of ether oxygens (including phenoxy) is 1. The van der Waals surface area contributed by atoms with Crippen LogP contribution in [0, 0.1) is 5.92 Å². The van der Waals surface area contributed by atoms with Crippen LogP contribution in [-0.4, -0.2) is 25.8 Å². The maximum absolute atomic E-state index is 5.45. The van der Waals surface area contributed by atoms with E-state index in [1.807, 2.05) is 0 Å². The predicted octanol–water partition coefficient (Wildman–Crippen LogP) is 2.75. The van der Waals surface area contributed by atoms with Gasteiger partial charge < -0.3 is 10.1 Å². The molecular formula is C13H25NO. The Morgan fingerprint density at radius 2 is 2.40 bits per heavy atom. The van der Waals surface area contributed by atoms with Gasteiger partial charge in [0, 0.05) is 12.6 Å². The number of morpholine rings is 1. The molecule has 15 heavy (non-hydrogen) atoms. The highest BCUT2D eigenvalue weighted by atomic mass is 16.5. The third-order valence-corrected chi connectivity index (χ3v) is 2.88. The molecule has 2 heteroatoms. The van der Waals surface area contributed by atoms with E-state index < -0.39 is 0 Å². The average molecular weight is 211 g/mol. The fraction of sp³-hybridized carbons (Fsp3) is 0.846. The van der Waals surface area contributed by atoms with Crippen molar-refractivity contribution in [3.63, 3.8) is 0 Å². The first-order valence-electron chi connectivity index (χ1n) is 6.20. The summed E-state index contributed by atoms with van der Waals surface area (Å²) in [5, 5.41) is 3.49. The molecule has 0 spiro atoms. The summed E-state index contributed by atoms with van der Waals surface area (Å²) in [5.41, 5.74) is 1.50. The summed E-state index contributed by atoms with van der Waals surface area (Å²) in [6.45, 7) is 9.53. The average Bonchev–Trinajstić information content (AvgIpc) is 2.19. The largest absolute Gasteiger partial charge is 0.379 e. The van der Waals surface area contributed by atoms with E-state index in [4.69, 9.17) is 4.74 Å². The van der Waals surface area contributed by atoms with Crippen molar-refractivity contribution in [1.29, 1.82) is 0 Å². The monoisotopic (exact) mass is 211 g/mol. The van der Waals surface area contributed by atoms with E-state index >= 15 is 0 Å². The highest BCUT2D eigenvalue weighted by Crippen LogP contribution is 2.14. The Kier molecular flexibility index (Phi) is 5.96. The molecule has 0 aromatic heterocycles. The summed E-state index contributed by atoms with van der Waals surface area (Å²) in [4.78, 5) is 0. The van der Waals surface area contributed by atoms with Gasteiger partial charge in [-0.15, -0.1) is 0 Å². The molecule has 0 aliphatic carbocycles. The van der Waals surface area contributed by atoms with Crippen molar-refractivity contribution in [2.45, 2.75) is 46.1 Å². The molecule has 88 valence electrons. The highest BCUT2D eigenvalue weighted by molar-refractivity contribution is 5.03. The Hall–Kier alpha value is -0.340. The van der Waals surface area contributed by atoms with Crippen LogP contribution in [0.5, 0.6) is 0 Å². The molecule has 1 rings (SSSR count). The molecule has 1 saturated heterocycles. The lowest BCUT2D eigenvalue weighted by Crippen LogP contribution is -2.41. The summed E-state index contributed by atoms with van der Waals surface area (Å²) < 4.78 is 5.45. The zero-order chi connectivity index (χ0) is 11.1.